The fourth-order valence-corrected chi connectivity index (χ4v) is 4.38. The predicted molar refractivity (Wildman–Crippen MR) is 112 cm³/mol. The molecule has 1 aliphatic heterocycles. The second-order valence-corrected chi connectivity index (χ2v) is 8.09. The summed E-state index contributed by atoms with van der Waals surface area (Å²) in [5, 5.41) is 6.06. The normalized spacial score (nSPS) is 18.6. The van der Waals surface area contributed by atoms with E-state index in [4.69, 9.17) is 21.1 Å². The van der Waals surface area contributed by atoms with Gasteiger partial charge in [-0.1, -0.05) is 17.7 Å². The number of nitrogens with zero attached hydrogens (tertiary/aromatic N) is 2. The summed E-state index contributed by atoms with van der Waals surface area (Å²) in [5.74, 6) is 0.363. The van der Waals surface area contributed by atoms with E-state index in [0.717, 1.165) is 51.8 Å². The number of rotatable bonds is 4. The molecule has 2 atom stereocenters. The number of ether oxygens (including phenoxy) is 2. The number of hydrogen-bond acceptors (Lipinski definition) is 3. The summed E-state index contributed by atoms with van der Waals surface area (Å²) in [4.78, 5) is 0. The van der Waals surface area contributed by atoms with E-state index in [0.29, 0.717) is 5.02 Å². The van der Waals surface area contributed by atoms with Gasteiger partial charge in [0.25, 0.3) is 0 Å². The molecule has 2 unspecified atom stereocenters. The van der Waals surface area contributed by atoms with Gasteiger partial charge < -0.3 is 9.47 Å². The molecule has 4 nitrogen and oxygen atoms in total. The van der Waals surface area contributed by atoms with E-state index in [2.05, 4.69) is 27.7 Å². The Bertz CT molecular complexity index is 972. The van der Waals surface area contributed by atoms with Crippen LogP contribution in [0.2, 0.25) is 5.02 Å². The average Bonchev–Trinajstić information content (AvgIpc) is 2.99. The molecule has 142 valence electrons. The maximum Gasteiger partial charge on any atom is 0.150 e. The molecule has 7 heteroatoms. The second kappa shape index (κ2) is 7.93. The first kappa shape index (κ1) is 19.0. The number of hydrogen-bond donors (Lipinski definition) is 0. The molecule has 4 rings (SSSR count). The fraction of sp³-hybridized carbons (Fsp3) is 0.350. The number of fused-ring (bicyclic) bond motifs is 1. The van der Waals surface area contributed by atoms with Crippen molar-refractivity contribution in [3.8, 4) is 5.75 Å². The number of benzene rings is 2. The average molecular weight is 501 g/mol. The topological polar surface area (TPSA) is 36.3 Å². The Balaban J connectivity index is 1.61. The van der Waals surface area contributed by atoms with Crippen molar-refractivity contribution >= 4 is 45.1 Å². The predicted octanol–water partition coefficient (Wildman–Crippen LogP) is 6.27. The third kappa shape index (κ3) is 3.93. The minimum Gasteiger partial charge on any atom is -0.486 e. The van der Waals surface area contributed by atoms with E-state index in [1.165, 1.54) is 12.1 Å². The van der Waals surface area contributed by atoms with Crippen LogP contribution in [-0.4, -0.2) is 16.4 Å². The summed E-state index contributed by atoms with van der Waals surface area (Å²) < 4.78 is 28.1. The Hall–Kier alpha value is -1.38. The third-order valence-electron chi connectivity index (χ3n) is 4.77. The summed E-state index contributed by atoms with van der Waals surface area (Å²) >= 11 is 8.39. The van der Waals surface area contributed by atoms with Crippen LogP contribution in [0.4, 0.5) is 4.39 Å². The van der Waals surface area contributed by atoms with Gasteiger partial charge in [0.1, 0.15) is 21.4 Å². The second-order valence-electron chi connectivity index (χ2n) is 6.66. The molecule has 0 amide bonds. The largest absolute Gasteiger partial charge is 0.486 e. The third-order valence-corrected chi connectivity index (χ3v) is 5.90. The van der Waals surface area contributed by atoms with Crippen molar-refractivity contribution < 1.29 is 13.9 Å². The Kier molecular flexibility index (Phi) is 5.57. The highest BCUT2D eigenvalue weighted by Crippen LogP contribution is 2.33. The van der Waals surface area contributed by atoms with Crippen molar-refractivity contribution in [2.75, 3.05) is 6.61 Å². The van der Waals surface area contributed by atoms with Crippen LogP contribution in [0.15, 0.2) is 36.4 Å². The Labute approximate surface area is 175 Å². The molecule has 1 aromatic heterocycles. The summed E-state index contributed by atoms with van der Waals surface area (Å²) in [6.45, 7) is 2.67. The first-order valence-corrected chi connectivity index (χ1v) is 10.4. The van der Waals surface area contributed by atoms with Crippen LogP contribution in [0.1, 0.15) is 44.1 Å². The van der Waals surface area contributed by atoms with Crippen LogP contribution >= 0.6 is 34.2 Å². The number of halogens is 3. The van der Waals surface area contributed by atoms with Gasteiger partial charge in [-0.2, -0.15) is 5.10 Å². The molecular formula is C20H19ClFIN2O2. The van der Waals surface area contributed by atoms with E-state index >= 15 is 0 Å². The highest BCUT2D eigenvalue weighted by Gasteiger charge is 2.21. The van der Waals surface area contributed by atoms with Crippen LogP contribution < -0.4 is 4.74 Å². The van der Waals surface area contributed by atoms with Crippen molar-refractivity contribution in [2.45, 2.75) is 38.5 Å². The highest BCUT2D eigenvalue weighted by molar-refractivity contribution is 14.1. The van der Waals surface area contributed by atoms with Crippen LogP contribution in [0, 0.1) is 9.52 Å². The molecule has 0 spiro atoms. The van der Waals surface area contributed by atoms with Crippen molar-refractivity contribution in [1.82, 2.24) is 9.78 Å². The lowest BCUT2D eigenvalue weighted by Crippen LogP contribution is -2.19. The smallest absolute Gasteiger partial charge is 0.150 e. The zero-order valence-corrected chi connectivity index (χ0v) is 17.7. The van der Waals surface area contributed by atoms with Gasteiger partial charge in [0.05, 0.1) is 10.5 Å². The van der Waals surface area contributed by atoms with Crippen molar-refractivity contribution in [3.05, 3.63) is 56.5 Å². The van der Waals surface area contributed by atoms with Gasteiger partial charge in [0, 0.05) is 17.6 Å². The van der Waals surface area contributed by atoms with E-state index in [1.54, 1.807) is 6.07 Å². The molecule has 27 heavy (non-hydrogen) atoms. The lowest BCUT2D eigenvalue weighted by Gasteiger charge is -2.23. The van der Waals surface area contributed by atoms with Gasteiger partial charge in [-0.05, 0) is 79.1 Å². The van der Waals surface area contributed by atoms with Crippen LogP contribution in [0.3, 0.4) is 0 Å². The molecule has 0 saturated carbocycles. The van der Waals surface area contributed by atoms with Gasteiger partial charge in [0.2, 0.25) is 0 Å². The molecule has 1 fully saturated rings. The Morgan fingerprint density at radius 2 is 2.15 bits per heavy atom. The minimum absolute atomic E-state index is 0.00604. The van der Waals surface area contributed by atoms with Crippen LogP contribution in [-0.2, 0) is 4.74 Å². The summed E-state index contributed by atoms with van der Waals surface area (Å²) in [6, 6.07) is 10.3. The monoisotopic (exact) mass is 500 g/mol. The highest BCUT2D eigenvalue weighted by atomic mass is 127. The Morgan fingerprint density at radius 1 is 1.30 bits per heavy atom. The van der Waals surface area contributed by atoms with Gasteiger partial charge in [0.15, 0.2) is 6.23 Å². The minimum atomic E-state index is -0.357. The van der Waals surface area contributed by atoms with Gasteiger partial charge >= 0.3 is 0 Å². The fourth-order valence-electron chi connectivity index (χ4n) is 3.39. The van der Waals surface area contributed by atoms with E-state index < -0.39 is 0 Å². The maximum atomic E-state index is 13.3. The maximum absolute atomic E-state index is 13.3. The summed E-state index contributed by atoms with van der Waals surface area (Å²) in [7, 11) is 0. The molecule has 2 aromatic carbocycles. The van der Waals surface area contributed by atoms with E-state index in [1.807, 2.05) is 29.8 Å². The SMILES string of the molecule is CC(Oc1ccc2c(c1)c(I)nn2C1CCCCO1)c1ccc(F)cc1Cl. The first-order chi connectivity index (χ1) is 13.0. The zero-order chi connectivity index (χ0) is 19.0. The molecular weight excluding hydrogens is 482 g/mol. The molecule has 0 radical (unpaired) electrons. The van der Waals surface area contributed by atoms with Gasteiger partial charge in [-0.25, -0.2) is 9.07 Å². The van der Waals surface area contributed by atoms with Crippen molar-refractivity contribution in [3.63, 3.8) is 0 Å². The van der Waals surface area contributed by atoms with Crippen molar-refractivity contribution in [1.29, 1.82) is 0 Å². The lowest BCUT2D eigenvalue weighted by molar-refractivity contribution is -0.0368. The van der Waals surface area contributed by atoms with E-state index in [-0.39, 0.29) is 18.1 Å². The van der Waals surface area contributed by atoms with Crippen LogP contribution in [0.25, 0.3) is 10.9 Å². The lowest BCUT2D eigenvalue weighted by atomic mass is 10.1. The molecule has 0 N–H and O–H groups in total. The van der Waals surface area contributed by atoms with Gasteiger partial charge in [-0.3, -0.25) is 0 Å². The summed E-state index contributed by atoms with van der Waals surface area (Å²) in [6.07, 6.45) is 2.93. The molecule has 0 bridgehead atoms. The molecule has 2 heterocycles. The molecule has 0 aliphatic carbocycles. The van der Waals surface area contributed by atoms with Crippen LogP contribution in [0.5, 0.6) is 5.75 Å². The quantitative estimate of drug-likeness (QED) is 0.396. The molecule has 3 aromatic rings. The van der Waals surface area contributed by atoms with Crippen molar-refractivity contribution in [2.24, 2.45) is 0 Å². The zero-order valence-electron chi connectivity index (χ0n) is 14.8. The Morgan fingerprint density at radius 3 is 2.89 bits per heavy atom. The number of aromatic nitrogens is 2. The van der Waals surface area contributed by atoms with E-state index in [9.17, 15) is 4.39 Å². The molecule has 1 aliphatic rings. The van der Waals surface area contributed by atoms with Gasteiger partial charge in [-0.15, -0.1) is 0 Å². The first-order valence-electron chi connectivity index (χ1n) is 8.94. The summed E-state index contributed by atoms with van der Waals surface area (Å²) in [5.41, 5.74) is 1.78. The standard InChI is InChI=1S/C20H19ClFIN2O2/c1-12(15-7-5-13(22)10-17(15)21)27-14-6-8-18-16(11-14)20(23)24-25(18)19-4-2-3-9-26-19/h5-8,10-12,19H,2-4,9H2,1H3. The molecule has 1 saturated heterocycles.